The zero-order chi connectivity index (χ0) is 27.3. The van der Waals surface area contributed by atoms with Crippen molar-refractivity contribution in [1.82, 2.24) is 4.98 Å². The topological polar surface area (TPSA) is 128 Å². The van der Waals surface area contributed by atoms with Gasteiger partial charge in [-0.2, -0.15) is 0 Å². The van der Waals surface area contributed by atoms with Crippen LogP contribution in [0.3, 0.4) is 0 Å². The molecule has 2 aliphatic rings. The lowest BCUT2D eigenvalue weighted by Crippen LogP contribution is -2.29. The minimum absolute atomic E-state index is 0.114. The first-order valence-electron chi connectivity index (χ1n) is 11.9. The average molecular weight is 547 g/mol. The van der Waals surface area contributed by atoms with E-state index < -0.39 is 17.7 Å². The Balaban J connectivity index is 1.55. The quantitative estimate of drug-likeness (QED) is 0.212. The molecule has 1 aromatic heterocycles. The number of carbonyl (C=O) groups excluding carboxylic acids is 2. The third-order valence-corrected chi connectivity index (χ3v) is 7.59. The SMILES string of the molecule is COc1ccc2nc(N3C(=O)C(=O)C(=C(O)c4ccc5c(c4)OCCO5)C3c3ccc(O)c(OC)c3)sc2c1. The predicted octanol–water partition coefficient (Wildman–Crippen LogP) is 4.42. The second kappa shape index (κ2) is 9.52. The van der Waals surface area contributed by atoms with E-state index in [1.165, 1.54) is 35.5 Å². The van der Waals surface area contributed by atoms with Crippen molar-refractivity contribution in [1.29, 1.82) is 0 Å². The summed E-state index contributed by atoms with van der Waals surface area (Å²) in [5, 5.41) is 21.9. The van der Waals surface area contributed by atoms with Gasteiger partial charge in [-0.25, -0.2) is 4.98 Å². The molecule has 1 saturated heterocycles. The molecule has 6 rings (SSSR count). The first kappa shape index (κ1) is 24.6. The normalized spacial score (nSPS) is 18.0. The van der Waals surface area contributed by atoms with E-state index in [1.807, 2.05) is 0 Å². The number of aliphatic hydroxyl groups is 1. The lowest BCUT2D eigenvalue weighted by Gasteiger charge is -2.24. The number of phenolic OH excluding ortho intramolecular Hbond substituents is 1. The Morgan fingerprint density at radius 2 is 1.79 bits per heavy atom. The molecule has 0 bridgehead atoms. The molecule has 11 heteroatoms. The summed E-state index contributed by atoms with van der Waals surface area (Å²) in [5.41, 5.74) is 1.19. The molecule has 2 aliphatic heterocycles. The van der Waals surface area contributed by atoms with Gasteiger partial charge < -0.3 is 29.2 Å². The van der Waals surface area contributed by atoms with Crippen LogP contribution in [-0.4, -0.2) is 54.3 Å². The van der Waals surface area contributed by atoms with Gasteiger partial charge in [0.1, 0.15) is 24.7 Å². The van der Waals surface area contributed by atoms with Crippen LogP contribution in [0.2, 0.25) is 0 Å². The molecule has 0 aliphatic carbocycles. The summed E-state index contributed by atoms with van der Waals surface area (Å²) in [7, 11) is 2.95. The van der Waals surface area contributed by atoms with Crippen molar-refractivity contribution in [3.63, 3.8) is 0 Å². The third-order valence-electron chi connectivity index (χ3n) is 6.57. The molecule has 198 valence electrons. The van der Waals surface area contributed by atoms with E-state index in [0.717, 1.165) is 4.70 Å². The van der Waals surface area contributed by atoms with E-state index >= 15 is 0 Å². The maximum atomic E-state index is 13.5. The highest BCUT2D eigenvalue weighted by Crippen LogP contribution is 2.46. The number of phenols is 1. The minimum Gasteiger partial charge on any atom is -0.507 e. The van der Waals surface area contributed by atoms with Crippen molar-refractivity contribution in [3.05, 3.63) is 71.3 Å². The molecule has 2 N–H and O–H groups in total. The van der Waals surface area contributed by atoms with Crippen LogP contribution in [-0.2, 0) is 9.59 Å². The summed E-state index contributed by atoms with van der Waals surface area (Å²) in [6.45, 7) is 0.747. The van der Waals surface area contributed by atoms with Crippen LogP contribution in [0.25, 0.3) is 16.0 Å². The zero-order valence-corrected chi connectivity index (χ0v) is 21.7. The third kappa shape index (κ3) is 4.07. The number of anilines is 1. The van der Waals surface area contributed by atoms with Gasteiger partial charge in [-0.3, -0.25) is 14.5 Å². The Hall–Kier alpha value is -4.77. The number of aliphatic hydroxyl groups excluding tert-OH is 1. The maximum Gasteiger partial charge on any atom is 0.301 e. The van der Waals surface area contributed by atoms with Crippen LogP contribution in [0.5, 0.6) is 28.7 Å². The first-order valence-corrected chi connectivity index (χ1v) is 12.7. The number of fused-ring (bicyclic) bond motifs is 2. The number of methoxy groups -OCH3 is 2. The highest BCUT2D eigenvalue weighted by Gasteiger charge is 2.48. The molecule has 3 heterocycles. The molecule has 1 fully saturated rings. The van der Waals surface area contributed by atoms with E-state index in [-0.39, 0.29) is 33.5 Å². The number of benzene rings is 3. The van der Waals surface area contributed by atoms with Gasteiger partial charge in [0, 0.05) is 5.56 Å². The molecule has 1 atom stereocenters. The molecule has 0 saturated carbocycles. The van der Waals surface area contributed by atoms with Crippen LogP contribution in [0.15, 0.2) is 60.2 Å². The molecule has 1 unspecified atom stereocenters. The summed E-state index contributed by atoms with van der Waals surface area (Å²) in [4.78, 5) is 32.9. The largest absolute Gasteiger partial charge is 0.507 e. The van der Waals surface area contributed by atoms with Crippen molar-refractivity contribution < 1.29 is 38.7 Å². The van der Waals surface area contributed by atoms with E-state index in [2.05, 4.69) is 4.98 Å². The van der Waals surface area contributed by atoms with Gasteiger partial charge in [-0.15, -0.1) is 0 Å². The maximum absolute atomic E-state index is 13.5. The number of hydrogen-bond donors (Lipinski definition) is 2. The summed E-state index contributed by atoms with van der Waals surface area (Å²) in [5.74, 6) is -0.520. The monoisotopic (exact) mass is 546 g/mol. The van der Waals surface area contributed by atoms with Crippen molar-refractivity contribution in [3.8, 4) is 28.7 Å². The van der Waals surface area contributed by atoms with Gasteiger partial charge in [0.2, 0.25) is 0 Å². The van der Waals surface area contributed by atoms with Gasteiger partial charge in [-0.1, -0.05) is 17.4 Å². The Bertz CT molecular complexity index is 1680. The standard InChI is InChI=1S/C28H22N2O8S/c1-35-16-5-6-17-22(13-16)39-28(29-17)30-24(14-3-7-18(31)20(11-14)36-2)23(26(33)27(30)34)25(32)15-4-8-19-21(12-15)38-10-9-37-19/h3-8,11-13,24,31-32H,9-10H2,1-2H3. The molecule has 0 radical (unpaired) electrons. The number of amides is 1. The molecule has 3 aromatic carbocycles. The molecule has 4 aromatic rings. The Morgan fingerprint density at radius 1 is 1.00 bits per heavy atom. The Morgan fingerprint density at radius 3 is 2.56 bits per heavy atom. The smallest absolute Gasteiger partial charge is 0.301 e. The van der Waals surface area contributed by atoms with Crippen molar-refractivity contribution >= 4 is 44.1 Å². The van der Waals surface area contributed by atoms with Crippen molar-refractivity contribution in [2.45, 2.75) is 6.04 Å². The summed E-state index contributed by atoms with van der Waals surface area (Å²) < 4.78 is 22.5. The summed E-state index contributed by atoms with van der Waals surface area (Å²) in [6, 6.07) is 13.5. The second-order valence-corrected chi connectivity index (χ2v) is 9.80. The number of rotatable bonds is 5. The molecule has 0 spiro atoms. The van der Waals surface area contributed by atoms with Gasteiger partial charge in [0.05, 0.1) is 36.1 Å². The van der Waals surface area contributed by atoms with Crippen LogP contribution in [0.4, 0.5) is 5.13 Å². The molecule has 1 amide bonds. The highest BCUT2D eigenvalue weighted by molar-refractivity contribution is 7.22. The van der Waals surface area contributed by atoms with Crippen LogP contribution in [0.1, 0.15) is 17.2 Å². The zero-order valence-electron chi connectivity index (χ0n) is 20.8. The van der Waals surface area contributed by atoms with E-state index in [4.69, 9.17) is 18.9 Å². The van der Waals surface area contributed by atoms with E-state index in [1.54, 1.807) is 49.6 Å². The fourth-order valence-corrected chi connectivity index (χ4v) is 5.70. The lowest BCUT2D eigenvalue weighted by atomic mass is 9.95. The van der Waals surface area contributed by atoms with Gasteiger partial charge in [-0.05, 0) is 54.1 Å². The molecular formula is C28H22N2O8S. The minimum atomic E-state index is -1.06. The number of nitrogens with zero attached hydrogens (tertiary/aromatic N) is 2. The number of ketones is 1. The number of hydrogen-bond acceptors (Lipinski definition) is 10. The number of Topliss-reactive ketones (excluding diaryl/α,β-unsaturated/α-hetero) is 1. The number of aromatic nitrogens is 1. The fraction of sp³-hybridized carbons (Fsp3) is 0.179. The van der Waals surface area contributed by atoms with E-state index in [9.17, 15) is 19.8 Å². The second-order valence-electron chi connectivity index (χ2n) is 8.79. The van der Waals surface area contributed by atoms with Crippen LogP contribution < -0.4 is 23.8 Å². The summed E-state index contributed by atoms with van der Waals surface area (Å²) in [6.07, 6.45) is 0. The van der Waals surface area contributed by atoms with Crippen LogP contribution in [0, 0.1) is 0 Å². The molecular weight excluding hydrogens is 524 g/mol. The number of aromatic hydroxyl groups is 1. The molecule has 10 nitrogen and oxygen atoms in total. The van der Waals surface area contributed by atoms with Gasteiger partial charge in [0.15, 0.2) is 28.1 Å². The number of carbonyl (C=O) groups is 2. The average Bonchev–Trinajstić information content (AvgIpc) is 3.50. The van der Waals surface area contributed by atoms with Crippen molar-refractivity contribution in [2.75, 3.05) is 32.3 Å². The lowest BCUT2D eigenvalue weighted by molar-refractivity contribution is -0.132. The van der Waals surface area contributed by atoms with Crippen LogP contribution >= 0.6 is 11.3 Å². The summed E-state index contributed by atoms with van der Waals surface area (Å²) >= 11 is 1.21. The van der Waals surface area contributed by atoms with E-state index in [0.29, 0.717) is 41.5 Å². The van der Waals surface area contributed by atoms with Gasteiger partial charge in [0.25, 0.3) is 5.78 Å². The predicted molar refractivity (Wildman–Crippen MR) is 143 cm³/mol. The number of thiazole rings is 1. The number of ether oxygens (including phenoxy) is 4. The molecule has 39 heavy (non-hydrogen) atoms. The Labute approximate surface area is 226 Å². The fourth-order valence-electron chi connectivity index (χ4n) is 4.68. The van der Waals surface area contributed by atoms with Gasteiger partial charge >= 0.3 is 5.91 Å². The Kier molecular flexibility index (Phi) is 5.99. The van der Waals surface area contributed by atoms with Crippen molar-refractivity contribution in [2.24, 2.45) is 0 Å². The highest BCUT2D eigenvalue weighted by atomic mass is 32.1. The first-order chi connectivity index (χ1) is 18.9.